The predicted octanol–water partition coefficient (Wildman–Crippen LogP) is 3.31. The van der Waals surface area contributed by atoms with Crippen LogP contribution in [-0.2, 0) is 38.1 Å². The first kappa shape index (κ1) is 26.5. The number of furan rings is 1. The molecule has 1 aromatic rings. The van der Waals surface area contributed by atoms with Crippen molar-refractivity contribution < 1.29 is 47.6 Å². The molecule has 218 valence electrons. The van der Waals surface area contributed by atoms with Crippen LogP contribution in [0.25, 0.3) is 0 Å². The lowest BCUT2D eigenvalue weighted by Gasteiger charge is -2.74. The van der Waals surface area contributed by atoms with E-state index in [0.717, 1.165) is 12.0 Å². The van der Waals surface area contributed by atoms with E-state index in [4.69, 9.17) is 28.1 Å². The third-order valence-corrected chi connectivity index (χ3v) is 12.2. The Bertz CT molecular complexity index is 1260. The molecule has 40 heavy (non-hydrogen) atoms. The van der Waals surface area contributed by atoms with E-state index >= 15 is 0 Å². The van der Waals surface area contributed by atoms with Gasteiger partial charge in [-0.25, -0.2) is 0 Å². The highest BCUT2D eigenvalue weighted by Crippen LogP contribution is 2.82. The Hall–Kier alpha value is -2.43. The van der Waals surface area contributed by atoms with Crippen LogP contribution in [0.4, 0.5) is 0 Å². The Morgan fingerprint density at radius 3 is 2.60 bits per heavy atom. The van der Waals surface area contributed by atoms with Crippen molar-refractivity contribution in [2.75, 3.05) is 13.7 Å². The van der Waals surface area contributed by atoms with Crippen molar-refractivity contribution in [2.45, 2.75) is 89.5 Å². The van der Waals surface area contributed by atoms with Gasteiger partial charge in [0, 0.05) is 46.5 Å². The number of carbonyl (C=O) groups excluding carboxylic acids is 3. The zero-order chi connectivity index (χ0) is 28.5. The molecule has 7 fully saturated rings. The molecule has 4 saturated heterocycles. The number of fused-ring (bicyclic) bond motifs is 2. The zero-order valence-electron chi connectivity index (χ0n) is 23.6. The van der Waals surface area contributed by atoms with Crippen LogP contribution in [0.15, 0.2) is 23.0 Å². The molecule has 4 aliphatic heterocycles. The average Bonchev–Trinajstić information content (AvgIpc) is 3.37. The van der Waals surface area contributed by atoms with Gasteiger partial charge in [-0.15, -0.1) is 0 Å². The third kappa shape index (κ3) is 2.88. The molecule has 5 heterocycles. The van der Waals surface area contributed by atoms with Crippen molar-refractivity contribution in [1.29, 1.82) is 0 Å². The number of ether oxygens (including phenoxy) is 5. The fraction of sp³-hybridized carbons (Fsp3) is 0.767. The molecule has 1 aromatic heterocycles. The molecule has 4 bridgehead atoms. The summed E-state index contributed by atoms with van der Waals surface area (Å²) >= 11 is 0. The fourth-order valence-electron chi connectivity index (χ4n) is 10.3. The number of epoxide rings is 1. The summed E-state index contributed by atoms with van der Waals surface area (Å²) in [5.41, 5.74) is -2.11. The lowest BCUT2D eigenvalue weighted by Crippen LogP contribution is -2.83. The Kier molecular flexibility index (Phi) is 5.36. The number of hydrogen-bond donors (Lipinski definition) is 1. The second kappa shape index (κ2) is 8.10. The summed E-state index contributed by atoms with van der Waals surface area (Å²) in [6.45, 7) is 8.02. The van der Waals surface area contributed by atoms with Gasteiger partial charge in [0.25, 0.3) is 0 Å². The molecule has 10 heteroatoms. The molecule has 10 nitrogen and oxygen atoms in total. The van der Waals surface area contributed by atoms with E-state index < -0.39 is 63.8 Å². The summed E-state index contributed by atoms with van der Waals surface area (Å²) in [6, 6.07) is 1.83. The van der Waals surface area contributed by atoms with Gasteiger partial charge in [0.15, 0.2) is 5.79 Å². The van der Waals surface area contributed by atoms with Crippen molar-refractivity contribution in [3.05, 3.63) is 24.2 Å². The molecule has 0 aromatic carbocycles. The summed E-state index contributed by atoms with van der Waals surface area (Å²) in [7, 11) is 1.36. The largest absolute Gasteiger partial charge is 0.472 e. The third-order valence-electron chi connectivity index (χ3n) is 12.2. The average molecular weight is 559 g/mol. The molecule has 1 N–H and O–H groups in total. The minimum absolute atomic E-state index is 0.0426. The quantitative estimate of drug-likeness (QED) is 0.326. The van der Waals surface area contributed by atoms with E-state index in [1.165, 1.54) is 7.11 Å². The standard InChI is InChI=1S/C30H38O10/c1-6-19(31)38-24-22-25-29(40-25)16(28(4)17(11-20(32)35-5)27(24,3)14-37-30(22,28)34)7-9-26(2)18(29)12-21(33)39-23(26)15-8-10-36-13-15/h8,10,13,16-18,22-25,34H,6-7,9,11-12,14H2,1-5H3. The van der Waals surface area contributed by atoms with Crippen LogP contribution < -0.4 is 0 Å². The Balaban J connectivity index is 1.39. The Labute approximate surface area is 233 Å². The van der Waals surface area contributed by atoms with Crippen molar-refractivity contribution in [1.82, 2.24) is 0 Å². The number of hydrogen-bond acceptors (Lipinski definition) is 10. The van der Waals surface area contributed by atoms with Gasteiger partial charge in [-0.05, 0) is 24.8 Å². The highest BCUT2D eigenvalue weighted by atomic mass is 16.7. The molecule has 8 rings (SSSR count). The number of esters is 3. The molecule has 1 spiro atoms. The lowest BCUT2D eigenvalue weighted by molar-refractivity contribution is -0.446. The molecule has 12 atom stereocenters. The zero-order valence-corrected chi connectivity index (χ0v) is 23.6. The molecule has 7 aliphatic rings. The number of rotatable bonds is 5. The normalized spacial score (nSPS) is 51.5. The van der Waals surface area contributed by atoms with Crippen LogP contribution >= 0.6 is 0 Å². The van der Waals surface area contributed by atoms with E-state index in [-0.39, 0.29) is 49.6 Å². The van der Waals surface area contributed by atoms with Gasteiger partial charge in [0.05, 0.1) is 44.7 Å². The van der Waals surface area contributed by atoms with Crippen molar-refractivity contribution in [2.24, 2.45) is 39.9 Å². The van der Waals surface area contributed by atoms with E-state index in [2.05, 4.69) is 6.92 Å². The van der Waals surface area contributed by atoms with Gasteiger partial charge >= 0.3 is 17.9 Å². The molecule has 12 unspecified atom stereocenters. The maximum absolute atomic E-state index is 13.2. The number of carbonyl (C=O) groups is 3. The number of cyclic esters (lactones) is 1. The van der Waals surface area contributed by atoms with Crippen LogP contribution in [0.1, 0.15) is 71.5 Å². The second-order valence-corrected chi connectivity index (χ2v) is 13.6. The first-order valence-electron chi connectivity index (χ1n) is 14.4. The predicted molar refractivity (Wildman–Crippen MR) is 135 cm³/mol. The topological polar surface area (TPSA) is 134 Å². The maximum Gasteiger partial charge on any atom is 0.306 e. The van der Waals surface area contributed by atoms with Gasteiger partial charge in [0.2, 0.25) is 0 Å². The SMILES string of the molecule is CCC(=O)OC1C2C3OC34C3CC(=O)OC(c5ccoc5)C3(C)CCC4C3(C)C(CC(=O)OC)C1(C)COC23O. The first-order valence-corrected chi connectivity index (χ1v) is 14.4. The molecule has 0 radical (unpaired) electrons. The molecule has 0 amide bonds. The van der Waals surface area contributed by atoms with Crippen LogP contribution in [-0.4, -0.2) is 60.3 Å². The minimum atomic E-state index is -1.69. The number of methoxy groups -OCH3 is 1. The Morgan fingerprint density at radius 1 is 1.15 bits per heavy atom. The summed E-state index contributed by atoms with van der Waals surface area (Å²) in [4.78, 5) is 38.8. The molecule has 3 aliphatic carbocycles. The monoisotopic (exact) mass is 558 g/mol. The molecular formula is C30H38O10. The van der Waals surface area contributed by atoms with Crippen LogP contribution in [0.5, 0.6) is 0 Å². The number of aliphatic hydroxyl groups is 1. The Morgan fingerprint density at radius 2 is 1.93 bits per heavy atom. The van der Waals surface area contributed by atoms with Gasteiger partial charge < -0.3 is 33.2 Å². The van der Waals surface area contributed by atoms with Crippen molar-refractivity contribution in [3.63, 3.8) is 0 Å². The lowest BCUT2D eigenvalue weighted by atomic mass is 9.34. The summed E-state index contributed by atoms with van der Waals surface area (Å²) in [6.07, 6.45) is 3.28. The highest BCUT2D eigenvalue weighted by molar-refractivity contribution is 5.73. The van der Waals surface area contributed by atoms with Crippen LogP contribution in [0, 0.1) is 39.9 Å². The van der Waals surface area contributed by atoms with Gasteiger partial charge in [-0.3, -0.25) is 14.4 Å². The minimum Gasteiger partial charge on any atom is -0.472 e. The second-order valence-electron chi connectivity index (χ2n) is 13.6. The molecule has 3 saturated carbocycles. The highest BCUT2D eigenvalue weighted by Gasteiger charge is 2.91. The van der Waals surface area contributed by atoms with E-state index in [1.54, 1.807) is 19.5 Å². The van der Waals surface area contributed by atoms with Gasteiger partial charge in [-0.2, -0.15) is 0 Å². The van der Waals surface area contributed by atoms with E-state index in [1.807, 2.05) is 19.9 Å². The summed E-state index contributed by atoms with van der Waals surface area (Å²) in [5, 5.41) is 12.6. The molecular weight excluding hydrogens is 520 g/mol. The maximum atomic E-state index is 13.2. The van der Waals surface area contributed by atoms with Crippen molar-refractivity contribution in [3.8, 4) is 0 Å². The van der Waals surface area contributed by atoms with Crippen LogP contribution in [0.3, 0.4) is 0 Å². The summed E-state index contributed by atoms with van der Waals surface area (Å²) < 4.78 is 35.8. The fourth-order valence-corrected chi connectivity index (χ4v) is 10.3. The first-order chi connectivity index (χ1) is 18.9. The van der Waals surface area contributed by atoms with Crippen LogP contribution in [0.2, 0.25) is 0 Å². The van der Waals surface area contributed by atoms with Gasteiger partial charge in [-0.1, -0.05) is 27.7 Å². The van der Waals surface area contributed by atoms with E-state index in [0.29, 0.717) is 6.42 Å². The van der Waals surface area contributed by atoms with Crippen molar-refractivity contribution >= 4 is 17.9 Å². The van der Waals surface area contributed by atoms with E-state index in [9.17, 15) is 19.5 Å². The smallest absolute Gasteiger partial charge is 0.306 e. The summed E-state index contributed by atoms with van der Waals surface area (Å²) in [5.74, 6) is -4.30. The van der Waals surface area contributed by atoms with Gasteiger partial charge in [0.1, 0.15) is 17.8 Å².